The zero-order valence-corrected chi connectivity index (χ0v) is 10.5. The molecular formula is C10H16ClNO2S. The smallest absolute Gasteiger partial charge is 0.177 e. The number of halogens is 1. The van der Waals surface area contributed by atoms with Gasteiger partial charge in [-0.25, -0.2) is 0 Å². The summed E-state index contributed by atoms with van der Waals surface area (Å²) in [5, 5.41) is 2.59. The Kier molecular flexibility index (Phi) is 5.56. The van der Waals surface area contributed by atoms with Gasteiger partial charge in [-0.1, -0.05) is 11.6 Å². The molecule has 0 aliphatic rings. The summed E-state index contributed by atoms with van der Waals surface area (Å²) in [7, 11) is 0. The van der Waals surface area contributed by atoms with Gasteiger partial charge in [0.25, 0.3) is 0 Å². The number of ether oxygens (including phenoxy) is 2. The van der Waals surface area contributed by atoms with Crippen molar-refractivity contribution in [3.63, 3.8) is 0 Å². The molecular weight excluding hydrogens is 234 g/mol. The molecule has 1 atom stereocenters. The molecule has 0 aromatic carbocycles. The predicted octanol–water partition coefficient (Wildman–Crippen LogP) is 2.80. The summed E-state index contributed by atoms with van der Waals surface area (Å²) in [5.41, 5.74) is 6.03. The first-order valence-corrected chi connectivity index (χ1v) is 6.18. The predicted molar refractivity (Wildman–Crippen MR) is 63.3 cm³/mol. The van der Waals surface area contributed by atoms with Crippen LogP contribution in [0.5, 0.6) is 0 Å². The van der Waals surface area contributed by atoms with Gasteiger partial charge in [-0.05, 0) is 25.3 Å². The van der Waals surface area contributed by atoms with Crippen molar-refractivity contribution >= 4 is 22.9 Å². The Hall–Kier alpha value is -0.130. The lowest BCUT2D eigenvalue weighted by atomic mass is 10.2. The van der Waals surface area contributed by atoms with E-state index in [0.29, 0.717) is 18.2 Å². The third-order valence-corrected chi connectivity index (χ3v) is 3.36. The second-order valence-corrected chi connectivity index (χ2v) is 4.29. The maximum Gasteiger partial charge on any atom is 0.177 e. The standard InChI is InChI=1S/C10H16ClNO2S/c1-3-13-10(14-4-2)8(12)9-7(11)5-6-15-9/h5-6,8,10H,3-4,12H2,1-2H3. The van der Waals surface area contributed by atoms with E-state index in [9.17, 15) is 0 Å². The van der Waals surface area contributed by atoms with E-state index in [0.717, 1.165) is 4.88 Å². The Labute approximate surface area is 99.1 Å². The van der Waals surface area contributed by atoms with Crippen LogP contribution in [0, 0.1) is 0 Å². The van der Waals surface area contributed by atoms with E-state index in [-0.39, 0.29) is 6.04 Å². The fourth-order valence-electron chi connectivity index (χ4n) is 1.25. The molecule has 0 aliphatic heterocycles. The number of thiophene rings is 1. The molecule has 0 saturated heterocycles. The van der Waals surface area contributed by atoms with Gasteiger partial charge in [-0.2, -0.15) is 0 Å². The molecule has 15 heavy (non-hydrogen) atoms. The molecule has 1 heterocycles. The van der Waals surface area contributed by atoms with E-state index in [2.05, 4.69) is 0 Å². The lowest BCUT2D eigenvalue weighted by Gasteiger charge is -2.22. The molecule has 86 valence electrons. The molecule has 0 spiro atoms. The summed E-state index contributed by atoms with van der Waals surface area (Å²) in [6.45, 7) is 4.96. The maximum absolute atomic E-state index is 6.03. The molecule has 0 aliphatic carbocycles. The lowest BCUT2D eigenvalue weighted by Crippen LogP contribution is -2.31. The maximum atomic E-state index is 6.03. The first kappa shape index (κ1) is 12.9. The van der Waals surface area contributed by atoms with Crippen molar-refractivity contribution in [2.24, 2.45) is 5.73 Å². The van der Waals surface area contributed by atoms with Crippen LogP contribution in [0.15, 0.2) is 11.4 Å². The average molecular weight is 250 g/mol. The number of hydrogen-bond donors (Lipinski definition) is 1. The molecule has 1 aromatic heterocycles. The fourth-order valence-corrected chi connectivity index (χ4v) is 2.45. The average Bonchev–Trinajstić information content (AvgIpc) is 2.63. The molecule has 3 nitrogen and oxygen atoms in total. The van der Waals surface area contributed by atoms with E-state index in [1.807, 2.05) is 25.3 Å². The Bertz CT molecular complexity index is 287. The van der Waals surface area contributed by atoms with E-state index >= 15 is 0 Å². The van der Waals surface area contributed by atoms with Crippen molar-refractivity contribution in [2.45, 2.75) is 26.2 Å². The Morgan fingerprint density at radius 1 is 1.40 bits per heavy atom. The van der Waals surface area contributed by atoms with Gasteiger partial charge in [-0.3, -0.25) is 0 Å². The SMILES string of the molecule is CCOC(OCC)C(N)c1sccc1Cl. The minimum atomic E-state index is -0.420. The number of rotatable bonds is 6. The highest BCUT2D eigenvalue weighted by molar-refractivity contribution is 7.10. The Balaban J connectivity index is 2.71. The first-order chi connectivity index (χ1) is 7.20. The van der Waals surface area contributed by atoms with Crippen molar-refractivity contribution in [3.8, 4) is 0 Å². The van der Waals surface area contributed by atoms with Gasteiger partial charge in [0.15, 0.2) is 6.29 Å². The lowest BCUT2D eigenvalue weighted by molar-refractivity contribution is -0.148. The van der Waals surface area contributed by atoms with Crippen LogP contribution >= 0.6 is 22.9 Å². The highest BCUT2D eigenvalue weighted by Gasteiger charge is 2.23. The third kappa shape index (κ3) is 3.43. The zero-order valence-electron chi connectivity index (χ0n) is 8.90. The van der Waals surface area contributed by atoms with Crippen LogP contribution in [-0.4, -0.2) is 19.5 Å². The summed E-state index contributed by atoms with van der Waals surface area (Å²) in [6, 6.07) is 1.51. The van der Waals surface area contributed by atoms with Crippen molar-refractivity contribution in [1.82, 2.24) is 0 Å². The highest BCUT2D eigenvalue weighted by atomic mass is 35.5. The molecule has 0 radical (unpaired) electrons. The van der Waals surface area contributed by atoms with E-state index < -0.39 is 6.29 Å². The Morgan fingerprint density at radius 3 is 2.40 bits per heavy atom. The monoisotopic (exact) mass is 249 g/mol. The molecule has 0 saturated carbocycles. The van der Waals surface area contributed by atoms with Gasteiger partial charge < -0.3 is 15.2 Å². The first-order valence-electron chi connectivity index (χ1n) is 4.92. The molecule has 1 rings (SSSR count). The third-order valence-electron chi connectivity index (χ3n) is 1.90. The summed E-state index contributed by atoms with van der Waals surface area (Å²) in [6.07, 6.45) is -0.420. The van der Waals surface area contributed by atoms with Gasteiger partial charge in [0.2, 0.25) is 0 Å². The highest BCUT2D eigenvalue weighted by Crippen LogP contribution is 2.30. The quantitative estimate of drug-likeness (QED) is 0.789. The van der Waals surface area contributed by atoms with Crippen LogP contribution in [0.25, 0.3) is 0 Å². The summed E-state index contributed by atoms with van der Waals surface area (Å²) in [4.78, 5) is 0.906. The minimum Gasteiger partial charge on any atom is -0.351 e. The number of nitrogens with two attached hydrogens (primary N) is 1. The zero-order chi connectivity index (χ0) is 11.3. The van der Waals surface area contributed by atoms with E-state index in [1.165, 1.54) is 11.3 Å². The normalized spacial score (nSPS) is 13.4. The van der Waals surface area contributed by atoms with Gasteiger partial charge in [-0.15, -0.1) is 11.3 Å². The van der Waals surface area contributed by atoms with Crippen molar-refractivity contribution < 1.29 is 9.47 Å². The van der Waals surface area contributed by atoms with Gasteiger partial charge in [0, 0.05) is 18.1 Å². The molecule has 5 heteroatoms. The second-order valence-electron chi connectivity index (χ2n) is 2.94. The number of hydrogen-bond acceptors (Lipinski definition) is 4. The molecule has 1 aromatic rings. The molecule has 0 bridgehead atoms. The molecule has 2 N–H and O–H groups in total. The van der Waals surface area contributed by atoms with Crippen LogP contribution in [0.1, 0.15) is 24.8 Å². The van der Waals surface area contributed by atoms with Crippen LogP contribution < -0.4 is 5.73 Å². The van der Waals surface area contributed by atoms with Gasteiger partial charge in [0.05, 0.1) is 11.1 Å². The van der Waals surface area contributed by atoms with Crippen LogP contribution in [0.4, 0.5) is 0 Å². The minimum absolute atomic E-state index is 0.322. The topological polar surface area (TPSA) is 44.5 Å². The van der Waals surface area contributed by atoms with E-state index in [4.69, 9.17) is 26.8 Å². The summed E-state index contributed by atoms with van der Waals surface area (Å²) in [5.74, 6) is 0. The summed E-state index contributed by atoms with van der Waals surface area (Å²) < 4.78 is 10.8. The summed E-state index contributed by atoms with van der Waals surface area (Å²) >= 11 is 7.52. The molecule has 0 fully saturated rings. The van der Waals surface area contributed by atoms with Crippen molar-refractivity contribution in [3.05, 3.63) is 21.3 Å². The second kappa shape index (κ2) is 6.45. The largest absolute Gasteiger partial charge is 0.351 e. The van der Waals surface area contributed by atoms with Gasteiger partial charge in [0.1, 0.15) is 0 Å². The van der Waals surface area contributed by atoms with Crippen LogP contribution in [0.2, 0.25) is 5.02 Å². The molecule has 1 unspecified atom stereocenters. The Morgan fingerprint density at radius 2 is 2.00 bits per heavy atom. The van der Waals surface area contributed by atoms with Crippen molar-refractivity contribution in [2.75, 3.05) is 13.2 Å². The van der Waals surface area contributed by atoms with Crippen molar-refractivity contribution in [1.29, 1.82) is 0 Å². The van der Waals surface area contributed by atoms with Gasteiger partial charge >= 0.3 is 0 Å². The molecule has 0 amide bonds. The van der Waals surface area contributed by atoms with Crippen LogP contribution in [-0.2, 0) is 9.47 Å². The fraction of sp³-hybridized carbons (Fsp3) is 0.600. The van der Waals surface area contributed by atoms with Crippen LogP contribution in [0.3, 0.4) is 0 Å². The van der Waals surface area contributed by atoms with E-state index in [1.54, 1.807) is 0 Å².